The molecule has 2 aromatic heterocycles. The van der Waals surface area contributed by atoms with E-state index in [1.807, 2.05) is 6.92 Å². The van der Waals surface area contributed by atoms with E-state index in [0.29, 0.717) is 34.6 Å². The van der Waals surface area contributed by atoms with Crippen molar-refractivity contribution in [3.8, 4) is 5.75 Å². The lowest BCUT2D eigenvalue weighted by Crippen LogP contribution is -2.49. The molecule has 0 bridgehead atoms. The van der Waals surface area contributed by atoms with Gasteiger partial charge >= 0.3 is 6.18 Å². The van der Waals surface area contributed by atoms with Crippen LogP contribution in [0, 0.1) is 12.8 Å². The van der Waals surface area contributed by atoms with Crippen LogP contribution in [0.25, 0.3) is 11.0 Å². The van der Waals surface area contributed by atoms with Crippen molar-refractivity contribution in [3.63, 3.8) is 0 Å². The number of piperidine rings is 1. The second-order valence-electron chi connectivity index (χ2n) is 12.2. The summed E-state index contributed by atoms with van der Waals surface area (Å²) in [5.41, 5.74) is 7.29. The number of nitrogens with zero attached hydrogens (tertiary/aromatic N) is 7. The third-order valence-corrected chi connectivity index (χ3v) is 8.82. The van der Waals surface area contributed by atoms with Gasteiger partial charge < -0.3 is 31.3 Å². The minimum atomic E-state index is -4.78. The van der Waals surface area contributed by atoms with E-state index in [4.69, 9.17) is 10.7 Å². The Bertz CT molecular complexity index is 1770. The van der Waals surface area contributed by atoms with Crippen LogP contribution in [0.15, 0.2) is 42.7 Å². The first kappa shape index (κ1) is 32.2. The zero-order chi connectivity index (χ0) is 33.3. The monoisotopic (exact) mass is 650 g/mol. The molecular formula is C32H37F3N10O2. The average Bonchev–Trinajstić information content (AvgIpc) is 3.04. The van der Waals surface area contributed by atoms with Crippen LogP contribution in [-0.2, 0) is 6.18 Å². The number of alkyl halides is 3. The van der Waals surface area contributed by atoms with E-state index in [9.17, 15) is 23.1 Å². The highest BCUT2D eigenvalue weighted by Gasteiger charge is 2.34. The number of hydrogen-bond acceptors (Lipinski definition) is 11. The number of phenolic OH excluding ortho intramolecular Hbond substituents is 1. The number of phenols is 1. The number of aromatic hydroxyl groups is 1. The molecule has 0 saturated carbocycles. The van der Waals surface area contributed by atoms with E-state index in [-0.39, 0.29) is 17.1 Å². The summed E-state index contributed by atoms with van der Waals surface area (Å²) in [6.45, 7) is 8.56. The number of nitrogen functional groups attached to an aromatic ring is 1. The molecule has 0 spiro atoms. The number of amides is 1. The summed E-state index contributed by atoms with van der Waals surface area (Å²) in [5.74, 6) is 0.236. The molecule has 47 heavy (non-hydrogen) atoms. The fourth-order valence-corrected chi connectivity index (χ4v) is 6.00. The van der Waals surface area contributed by atoms with E-state index >= 15 is 0 Å². The lowest BCUT2D eigenvalue weighted by Gasteiger charge is -2.38. The first-order valence-electron chi connectivity index (χ1n) is 15.5. The van der Waals surface area contributed by atoms with Gasteiger partial charge in [0.2, 0.25) is 5.95 Å². The van der Waals surface area contributed by atoms with Gasteiger partial charge in [0.1, 0.15) is 23.1 Å². The molecule has 0 unspecified atom stereocenters. The molecule has 2 aliphatic rings. The van der Waals surface area contributed by atoms with Gasteiger partial charge in [0.05, 0.1) is 5.56 Å². The van der Waals surface area contributed by atoms with E-state index < -0.39 is 23.4 Å². The number of likely N-dealkylation sites (tertiary alicyclic amines) is 1. The fraction of sp³-hybridized carbons (Fsp3) is 0.406. The smallest absolute Gasteiger partial charge is 0.420 e. The molecule has 2 saturated heterocycles. The van der Waals surface area contributed by atoms with Gasteiger partial charge in [-0.1, -0.05) is 6.07 Å². The lowest BCUT2D eigenvalue weighted by atomic mass is 9.96. The predicted octanol–water partition coefficient (Wildman–Crippen LogP) is 4.49. The van der Waals surface area contributed by atoms with Crippen LogP contribution >= 0.6 is 0 Å². The number of benzene rings is 2. The highest BCUT2D eigenvalue weighted by Crippen LogP contribution is 2.37. The molecule has 1 amide bonds. The normalized spacial score (nSPS) is 16.8. The number of halogens is 3. The number of hydrogen-bond donors (Lipinski definition) is 4. The number of carbonyl (C=O) groups excluding carboxylic acids is 1. The summed E-state index contributed by atoms with van der Waals surface area (Å²) in [7, 11) is 2.18. The molecule has 248 valence electrons. The van der Waals surface area contributed by atoms with E-state index in [1.165, 1.54) is 25.2 Å². The van der Waals surface area contributed by atoms with E-state index in [1.54, 1.807) is 18.2 Å². The molecule has 12 nitrogen and oxygen atoms in total. The van der Waals surface area contributed by atoms with Gasteiger partial charge in [0.25, 0.3) is 5.91 Å². The molecule has 15 heteroatoms. The molecule has 2 aromatic carbocycles. The number of rotatable bonds is 7. The largest absolute Gasteiger partial charge is 0.507 e. The molecule has 2 aliphatic heterocycles. The summed E-state index contributed by atoms with van der Waals surface area (Å²) in [4.78, 5) is 38.1. The maximum atomic E-state index is 13.3. The number of carbonyl (C=O) groups is 1. The van der Waals surface area contributed by atoms with Crippen LogP contribution in [0.4, 0.5) is 42.1 Å². The van der Waals surface area contributed by atoms with Gasteiger partial charge in [-0.25, -0.2) is 15.0 Å². The topological polar surface area (TPSA) is 149 Å². The number of aromatic nitrogens is 4. The zero-order valence-electron chi connectivity index (χ0n) is 26.2. The van der Waals surface area contributed by atoms with Crippen LogP contribution in [0.2, 0.25) is 0 Å². The second-order valence-corrected chi connectivity index (χ2v) is 12.2. The van der Waals surface area contributed by atoms with Crippen molar-refractivity contribution in [3.05, 3.63) is 59.4 Å². The molecule has 4 heterocycles. The van der Waals surface area contributed by atoms with Crippen LogP contribution in [0.3, 0.4) is 0 Å². The Kier molecular flexibility index (Phi) is 9.01. The van der Waals surface area contributed by atoms with Crippen molar-refractivity contribution in [2.45, 2.75) is 25.9 Å². The summed E-state index contributed by atoms with van der Waals surface area (Å²) >= 11 is 0. The van der Waals surface area contributed by atoms with Gasteiger partial charge in [-0.15, -0.1) is 0 Å². The van der Waals surface area contributed by atoms with E-state index in [0.717, 1.165) is 63.4 Å². The SMILES string of the molecule is Cc1ccc(C(=O)Nc2ccc(O)c(C(F)(F)F)c2)cc1Nc1ncnc2c(N)nc(N3CCN(CC4CCN(C)CC4)CC3)nc12. The number of nitrogens with one attached hydrogen (secondary N) is 2. The highest BCUT2D eigenvalue weighted by molar-refractivity contribution is 6.05. The zero-order valence-corrected chi connectivity index (χ0v) is 26.2. The van der Waals surface area contributed by atoms with Gasteiger partial charge in [-0.3, -0.25) is 9.69 Å². The molecule has 6 rings (SSSR count). The number of fused-ring (bicyclic) bond motifs is 1. The summed E-state index contributed by atoms with van der Waals surface area (Å²) in [6, 6.07) is 7.60. The minimum absolute atomic E-state index is 0.112. The molecule has 4 aromatic rings. The minimum Gasteiger partial charge on any atom is -0.507 e. The molecule has 0 radical (unpaired) electrons. The number of aryl methyl sites for hydroxylation is 1. The maximum Gasteiger partial charge on any atom is 0.420 e. The van der Waals surface area contributed by atoms with Gasteiger partial charge in [-0.05, 0) is 81.7 Å². The molecular weight excluding hydrogens is 613 g/mol. The third-order valence-electron chi connectivity index (χ3n) is 8.82. The molecule has 0 atom stereocenters. The lowest BCUT2D eigenvalue weighted by molar-refractivity contribution is -0.138. The predicted molar refractivity (Wildman–Crippen MR) is 174 cm³/mol. The molecule has 2 fully saturated rings. The number of anilines is 5. The Morgan fingerprint density at radius 3 is 2.47 bits per heavy atom. The van der Waals surface area contributed by atoms with Gasteiger partial charge in [0, 0.05) is 49.7 Å². The maximum absolute atomic E-state index is 13.3. The highest BCUT2D eigenvalue weighted by atomic mass is 19.4. The Morgan fingerprint density at radius 2 is 1.74 bits per heavy atom. The van der Waals surface area contributed by atoms with E-state index in [2.05, 4.69) is 47.3 Å². The molecule has 0 aliphatic carbocycles. The van der Waals surface area contributed by atoms with Crippen LogP contribution in [0.5, 0.6) is 5.75 Å². The van der Waals surface area contributed by atoms with Crippen LogP contribution in [0.1, 0.15) is 34.3 Å². The van der Waals surface area contributed by atoms with Crippen LogP contribution in [-0.4, -0.2) is 93.6 Å². The van der Waals surface area contributed by atoms with Crippen molar-refractivity contribution < 1.29 is 23.1 Å². The quantitative estimate of drug-likeness (QED) is 0.210. The van der Waals surface area contributed by atoms with Crippen molar-refractivity contribution >= 4 is 45.9 Å². The number of piperazine rings is 1. The van der Waals surface area contributed by atoms with Gasteiger partial charge in [-0.2, -0.15) is 18.2 Å². The van der Waals surface area contributed by atoms with Crippen molar-refractivity contribution in [2.24, 2.45) is 5.92 Å². The number of nitrogens with two attached hydrogens (primary N) is 1. The Labute approximate surface area is 269 Å². The van der Waals surface area contributed by atoms with Crippen molar-refractivity contribution in [1.82, 2.24) is 29.7 Å². The summed E-state index contributed by atoms with van der Waals surface area (Å²) in [5, 5.41) is 15.3. The third kappa shape index (κ3) is 7.30. The van der Waals surface area contributed by atoms with Crippen molar-refractivity contribution in [2.75, 3.05) is 74.1 Å². The molecule has 5 N–H and O–H groups in total. The van der Waals surface area contributed by atoms with Crippen molar-refractivity contribution in [1.29, 1.82) is 0 Å². The van der Waals surface area contributed by atoms with Gasteiger partial charge in [0.15, 0.2) is 11.6 Å². The Hall–Kier alpha value is -4.76. The summed E-state index contributed by atoms with van der Waals surface area (Å²) in [6.07, 6.45) is -0.976. The summed E-state index contributed by atoms with van der Waals surface area (Å²) < 4.78 is 39.8. The first-order valence-corrected chi connectivity index (χ1v) is 15.5. The Morgan fingerprint density at radius 1 is 1.00 bits per heavy atom. The average molecular weight is 651 g/mol. The second kappa shape index (κ2) is 13.2. The Balaban J connectivity index is 1.18. The fourth-order valence-electron chi connectivity index (χ4n) is 6.00. The first-order chi connectivity index (χ1) is 22.4. The van der Waals surface area contributed by atoms with Crippen LogP contribution < -0.4 is 21.3 Å². The standard InChI is InChI=1S/C32H37F3N10O2/c1-19-3-4-21(30(47)39-22-5-6-25(46)23(16-22)32(33,34)35)15-24(19)40-29-27-26(37-18-38-29)28(36)42-31(41-27)45-13-11-44(12-14-45)17-20-7-9-43(2)10-8-20/h3-6,15-16,18,20,46H,7-14,17H2,1-2H3,(H,39,47)(H2,36,41,42)(H,37,38,40).